The molecule has 1 atom stereocenters. The quantitative estimate of drug-likeness (QED) is 0.628. The second-order valence-corrected chi connectivity index (χ2v) is 7.13. The number of halogens is 1. The molecule has 1 N–H and O–H groups in total. The Morgan fingerprint density at radius 1 is 1.14 bits per heavy atom. The van der Waals surface area contributed by atoms with Crippen LogP contribution in [0.5, 0.6) is 5.75 Å². The van der Waals surface area contributed by atoms with Gasteiger partial charge in [0.2, 0.25) is 11.7 Å². The second-order valence-electron chi connectivity index (χ2n) is 6.69. The van der Waals surface area contributed by atoms with E-state index in [2.05, 4.69) is 29.3 Å². The number of hydrogen-bond acceptors (Lipinski definition) is 5. The number of carbonyl (C=O) groups excluding carboxylic acids is 1. The Kier molecular flexibility index (Phi) is 6.31. The monoisotopic (exact) mass is 399 g/mol. The van der Waals surface area contributed by atoms with Crippen LogP contribution in [0.25, 0.3) is 11.4 Å². The Hall–Kier alpha value is -2.86. The van der Waals surface area contributed by atoms with Gasteiger partial charge in [0.1, 0.15) is 5.75 Å². The number of aromatic nitrogens is 2. The first kappa shape index (κ1) is 19.9. The van der Waals surface area contributed by atoms with Gasteiger partial charge < -0.3 is 14.6 Å². The second kappa shape index (κ2) is 8.89. The Bertz CT molecular complexity index is 938. The summed E-state index contributed by atoms with van der Waals surface area (Å²) in [6.45, 7) is 6.00. The van der Waals surface area contributed by atoms with Crippen LogP contribution >= 0.6 is 11.6 Å². The first-order chi connectivity index (χ1) is 13.4. The average molecular weight is 400 g/mol. The highest BCUT2D eigenvalue weighted by molar-refractivity contribution is 6.30. The lowest BCUT2D eigenvalue weighted by Gasteiger charge is -2.18. The van der Waals surface area contributed by atoms with Gasteiger partial charge in [-0.3, -0.25) is 4.79 Å². The van der Waals surface area contributed by atoms with Crippen LogP contribution in [0, 0.1) is 0 Å². The van der Waals surface area contributed by atoms with Gasteiger partial charge in [0, 0.05) is 10.6 Å². The van der Waals surface area contributed by atoms with E-state index in [0.717, 1.165) is 11.1 Å². The minimum Gasteiger partial charge on any atom is -0.481 e. The van der Waals surface area contributed by atoms with E-state index < -0.39 is 6.10 Å². The molecule has 0 aliphatic carbocycles. The molecule has 0 unspecified atom stereocenters. The van der Waals surface area contributed by atoms with E-state index in [1.165, 1.54) is 0 Å². The molecule has 0 bridgehead atoms. The van der Waals surface area contributed by atoms with Gasteiger partial charge in [0.25, 0.3) is 5.91 Å². The van der Waals surface area contributed by atoms with Crippen molar-refractivity contribution in [3.63, 3.8) is 0 Å². The molecule has 1 aromatic heterocycles. The predicted molar refractivity (Wildman–Crippen MR) is 107 cm³/mol. The molecule has 0 fully saturated rings. The summed E-state index contributed by atoms with van der Waals surface area (Å²) in [5, 5.41) is 7.32. The number of nitrogens with one attached hydrogen (secondary N) is 1. The van der Waals surface area contributed by atoms with E-state index in [1.54, 1.807) is 31.2 Å². The zero-order chi connectivity index (χ0) is 20.1. The Morgan fingerprint density at radius 3 is 2.57 bits per heavy atom. The van der Waals surface area contributed by atoms with Crippen LogP contribution in [-0.2, 0) is 11.3 Å². The minimum atomic E-state index is -0.654. The Balaban J connectivity index is 1.58. The lowest BCUT2D eigenvalue weighted by molar-refractivity contribution is -0.127. The van der Waals surface area contributed by atoms with Gasteiger partial charge in [-0.05, 0) is 48.7 Å². The molecule has 6 nitrogen and oxygen atoms in total. The molecule has 28 heavy (non-hydrogen) atoms. The fourth-order valence-electron chi connectivity index (χ4n) is 2.66. The van der Waals surface area contributed by atoms with E-state index in [1.807, 2.05) is 24.3 Å². The summed E-state index contributed by atoms with van der Waals surface area (Å²) in [5.74, 6) is 1.51. The summed E-state index contributed by atoms with van der Waals surface area (Å²) < 4.78 is 11.1. The number of amides is 1. The lowest BCUT2D eigenvalue weighted by Crippen LogP contribution is -2.36. The highest BCUT2D eigenvalue weighted by atomic mass is 35.5. The summed E-state index contributed by atoms with van der Waals surface area (Å²) in [6, 6.07) is 14.8. The molecule has 0 saturated carbocycles. The van der Waals surface area contributed by atoms with Crippen LogP contribution in [0.2, 0.25) is 5.02 Å². The fourth-order valence-corrected chi connectivity index (χ4v) is 2.78. The minimum absolute atomic E-state index is 0.124. The van der Waals surface area contributed by atoms with Crippen molar-refractivity contribution in [2.45, 2.75) is 39.3 Å². The van der Waals surface area contributed by atoms with Crippen molar-refractivity contribution < 1.29 is 14.1 Å². The van der Waals surface area contributed by atoms with E-state index in [4.69, 9.17) is 20.9 Å². The summed E-state index contributed by atoms with van der Waals surface area (Å²) in [5.41, 5.74) is 1.85. The molecule has 0 saturated heterocycles. The molecule has 146 valence electrons. The number of nitrogens with zero attached hydrogens (tertiary/aromatic N) is 2. The van der Waals surface area contributed by atoms with Gasteiger partial charge >= 0.3 is 0 Å². The van der Waals surface area contributed by atoms with Crippen molar-refractivity contribution in [2.75, 3.05) is 0 Å². The number of hydrogen-bond donors (Lipinski definition) is 1. The average Bonchev–Trinajstić information content (AvgIpc) is 3.16. The van der Waals surface area contributed by atoms with Crippen LogP contribution in [0.15, 0.2) is 53.1 Å². The zero-order valence-corrected chi connectivity index (χ0v) is 16.7. The summed E-state index contributed by atoms with van der Waals surface area (Å²) in [7, 11) is 0. The van der Waals surface area contributed by atoms with Crippen molar-refractivity contribution in [2.24, 2.45) is 0 Å². The lowest BCUT2D eigenvalue weighted by atomic mass is 10.0. The molecule has 7 heteroatoms. The maximum atomic E-state index is 12.4. The van der Waals surface area contributed by atoms with Gasteiger partial charge in [-0.25, -0.2) is 0 Å². The molecule has 3 rings (SSSR count). The summed E-state index contributed by atoms with van der Waals surface area (Å²) in [6.07, 6.45) is -0.654. The third-order valence-corrected chi connectivity index (χ3v) is 4.45. The van der Waals surface area contributed by atoms with Crippen molar-refractivity contribution in [3.05, 3.63) is 65.0 Å². The first-order valence-electron chi connectivity index (χ1n) is 9.06. The number of carbonyl (C=O) groups is 1. The van der Waals surface area contributed by atoms with Crippen LogP contribution in [-0.4, -0.2) is 22.2 Å². The SMILES string of the molecule is CC(C)c1ccccc1O[C@H](C)C(=O)NCc1nc(-c2ccc(Cl)cc2)no1. The van der Waals surface area contributed by atoms with Crippen LogP contribution in [0.1, 0.15) is 38.1 Å². The standard InChI is InChI=1S/C21H22ClN3O3/c1-13(2)17-6-4-5-7-18(17)27-14(3)21(26)23-12-19-24-20(25-28-19)15-8-10-16(22)11-9-15/h4-11,13-14H,12H2,1-3H3,(H,23,26)/t14-/m1/s1. The third kappa shape index (κ3) is 4.89. The fraction of sp³-hybridized carbons (Fsp3) is 0.286. The molecular formula is C21H22ClN3O3. The molecule has 0 spiro atoms. The zero-order valence-electron chi connectivity index (χ0n) is 16.0. The normalized spacial score (nSPS) is 12.0. The third-order valence-electron chi connectivity index (χ3n) is 4.20. The number of benzene rings is 2. The Labute approximate surface area is 168 Å². The molecule has 1 heterocycles. The highest BCUT2D eigenvalue weighted by Crippen LogP contribution is 2.26. The van der Waals surface area contributed by atoms with Crippen molar-refractivity contribution in [1.29, 1.82) is 0 Å². The molecule has 1 amide bonds. The van der Waals surface area contributed by atoms with Crippen molar-refractivity contribution >= 4 is 17.5 Å². The maximum absolute atomic E-state index is 12.4. The molecule has 0 aliphatic heterocycles. The van der Waals surface area contributed by atoms with Crippen molar-refractivity contribution in [3.8, 4) is 17.1 Å². The van der Waals surface area contributed by atoms with Crippen LogP contribution < -0.4 is 10.1 Å². The number of para-hydroxylation sites is 1. The molecule has 2 aromatic carbocycles. The van der Waals surface area contributed by atoms with E-state index in [0.29, 0.717) is 28.4 Å². The maximum Gasteiger partial charge on any atom is 0.261 e. The number of ether oxygens (including phenoxy) is 1. The first-order valence-corrected chi connectivity index (χ1v) is 9.43. The summed E-state index contributed by atoms with van der Waals surface area (Å²) in [4.78, 5) is 16.7. The summed E-state index contributed by atoms with van der Waals surface area (Å²) >= 11 is 5.88. The highest BCUT2D eigenvalue weighted by Gasteiger charge is 2.18. The van der Waals surface area contributed by atoms with Gasteiger partial charge in [0.05, 0.1) is 6.54 Å². The van der Waals surface area contributed by atoms with Gasteiger partial charge in [-0.1, -0.05) is 48.8 Å². The van der Waals surface area contributed by atoms with Gasteiger partial charge in [-0.2, -0.15) is 4.98 Å². The largest absolute Gasteiger partial charge is 0.481 e. The van der Waals surface area contributed by atoms with Crippen molar-refractivity contribution in [1.82, 2.24) is 15.5 Å². The van der Waals surface area contributed by atoms with E-state index >= 15 is 0 Å². The van der Waals surface area contributed by atoms with E-state index in [9.17, 15) is 4.79 Å². The topological polar surface area (TPSA) is 77.2 Å². The van der Waals surface area contributed by atoms with E-state index in [-0.39, 0.29) is 12.5 Å². The molecule has 3 aromatic rings. The smallest absolute Gasteiger partial charge is 0.261 e. The number of rotatable bonds is 7. The molecule has 0 radical (unpaired) electrons. The molecule has 0 aliphatic rings. The van der Waals surface area contributed by atoms with Crippen LogP contribution in [0.3, 0.4) is 0 Å². The van der Waals surface area contributed by atoms with Gasteiger partial charge in [0.15, 0.2) is 6.10 Å². The predicted octanol–water partition coefficient (Wildman–Crippen LogP) is 4.60. The van der Waals surface area contributed by atoms with Gasteiger partial charge in [-0.15, -0.1) is 0 Å². The Morgan fingerprint density at radius 2 is 1.86 bits per heavy atom. The van der Waals surface area contributed by atoms with Crippen LogP contribution in [0.4, 0.5) is 0 Å². The molecular weight excluding hydrogens is 378 g/mol.